The second-order valence-corrected chi connectivity index (χ2v) is 5.56. The third kappa shape index (κ3) is 3.57. The molecular weight excluding hydrogens is 304 g/mol. The molecule has 0 aliphatic rings. The van der Waals surface area contributed by atoms with Crippen molar-refractivity contribution in [2.24, 2.45) is 0 Å². The van der Waals surface area contributed by atoms with E-state index < -0.39 is 5.97 Å². The molecule has 3 aromatic rings. The van der Waals surface area contributed by atoms with E-state index in [1.54, 1.807) is 19.1 Å². The third-order valence-corrected chi connectivity index (χ3v) is 3.71. The SMILES string of the molecule is CC(=O)c1ccc2nc(Cc3ccc(/C=C/C(=O)O)cc3)[nH]c2c1. The van der Waals surface area contributed by atoms with Gasteiger partial charge in [0.25, 0.3) is 0 Å². The van der Waals surface area contributed by atoms with E-state index >= 15 is 0 Å². The number of fused-ring (bicyclic) bond motifs is 1. The predicted molar refractivity (Wildman–Crippen MR) is 92.0 cm³/mol. The average molecular weight is 320 g/mol. The largest absolute Gasteiger partial charge is 0.478 e. The number of Topliss-reactive ketones (excluding diaryl/α,β-unsaturated/α-hetero) is 1. The molecule has 1 heterocycles. The minimum Gasteiger partial charge on any atom is -0.478 e. The molecule has 0 saturated carbocycles. The average Bonchev–Trinajstić information content (AvgIpc) is 2.95. The predicted octanol–water partition coefficient (Wildman–Crippen LogP) is 3.45. The standard InChI is InChI=1S/C19H16N2O3/c1-12(22)15-7-8-16-17(11-15)21-18(20-16)10-14-4-2-13(3-5-14)6-9-19(23)24/h2-9,11H,10H2,1H3,(H,20,21)(H,23,24)/b9-6+. The number of carbonyl (C=O) groups excluding carboxylic acids is 1. The summed E-state index contributed by atoms with van der Waals surface area (Å²) in [6, 6.07) is 13.0. The maximum absolute atomic E-state index is 11.4. The van der Waals surface area contributed by atoms with Crippen LogP contribution in [-0.2, 0) is 11.2 Å². The molecule has 2 N–H and O–H groups in total. The fraction of sp³-hybridized carbons (Fsp3) is 0.105. The van der Waals surface area contributed by atoms with Crippen molar-refractivity contribution < 1.29 is 14.7 Å². The first kappa shape index (κ1) is 15.7. The van der Waals surface area contributed by atoms with Crippen molar-refractivity contribution in [2.45, 2.75) is 13.3 Å². The normalized spacial score (nSPS) is 11.2. The number of ketones is 1. The number of carboxylic acids is 1. The molecule has 5 nitrogen and oxygen atoms in total. The van der Waals surface area contributed by atoms with Crippen LogP contribution < -0.4 is 0 Å². The Hall–Kier alpha value is -3.21. The van der Waals surface area contributed by atoms with Crippen molar-refractivity contribution in [3.63, 3.8) is 0 Å². The first-order valence-corrected chi connectivity index (χ1v) is 7.51. The summed E-state index contributed by atoms with van der Waals surface area (Å²) >= 11 is 0. The van der Waals surface area contributed by atoms with Gasteiger partial charge in [0.2, 0.25) is 0 Å². The van der Waals surface area contributed by atoms with Crippen molar-refractivity contribution in [3.8, 4) is 0 Å². The van der Waals surface area contributed by atoms with Gasteiger partial charge in [-0.05, 0) is 42.3 Å². The smallest absolute Gasteiger partial charge is 0.328 e. The van der Waals surface area contributed by atoms with E-state index in [4.69, 9.17) is 5.11 Å². The number of hydrogen-bond donors (Lipinski definition) is 2. The first-order valence-electron chi connectivity index (χ1n) is 7.51. The summed E-state index contributed by atoms with van der Waals surface area (Å²) in [6.07, 6.45) is 3.30. The number of carbonyl (C=O) groups is 2. The lowest BCUT2D eigenvalue weighted by Crippen LogP contribution is -1.91. The summed E-state index contributed by atoms with van der Waals surface area (Å²) in [5, 5.41) is 8.63. The van der Waals surface area contributed by atoms with Crippen molar-refractivity contribution in [1.82, 2.24) is 9.97 Å². The molecule has 5 heteroatoms. The summed E-state index contributed by atoms with van der Waals surface area (Å²) < 4.78 is 0. The highest BCUT2D eigenvalue weighted by Gasteiger charge is 2.06. The molecule has 0 saturated heterocycles. The molecule has 0 atom stereocenters. The molecule has 0 radical (unpaired) electrons. The van der Waals surface area contributed by atoms with Crippen molar-refractivity contribution in [2.75, 3.05) is 0 Å². The number of imidazole rings is 1. The number of aromatic nitrogens is 2. The highest BCUT2D eigenvalue weighted by molar-refractivity contribution is 5.97. The highest BCUT2D eigenvalue weighted by atomic mass is 16.4. The van der Waals surface area contributed by atoms with Crippen LogP contribution in [0.1, 0.15) is 34.2 Å². The van der Waals surface area contributed by atoms with E-state index in [-0.39, 0.29) is 5.78 Å². The molecule has 2 aromatic carbocycles. The Balaban J connectivity index is 1.79. The van der Waals surface area contributed by atoms with Gasteiger partial charge in [-0.1, -0.05) is 24.3 Å². The lowest BCUT2D eigenvalue weighted by Gasteiger charge is -1.99. The maximum Gasteiger partial charge on any atom is 0.328 e. The summed E-state index contributed by atoms with van der Waals surface area (Å²) in [5.41, 5.74) is 4.23. The molecule has 0 spiro atoms. The van der Waals surface area contributed by atoms with E-state index in [2.05, 4.69) is 9.97 Å². The Kier molecular flexibility index (Phi) is 4.24. The monoisotopic (exact) mass is 320 g/mol. The number of carboxylic acid groups (broad SMARTS) is 1. The van der Waals surface area contributed by atoms with E-state index in [0.717, 1.165) is 34.1 Å². The van der Waals surface area contributed by atoms with Gasteiger partial charge in [-0.3, -0.25) is 4.79 Å². The molecule has 0 amide bonds. The maximum atomic E-state index is 11.4. The van der Waals surface area contributed by atoms with Crippen LogP contribution in [-0.4, -0.2) is 26.8 Å². The molecule has 0 fully saturated rings. The van der Waals surface area contributed by atoms with Gasteiger partial charge in [0, 0.05) is 18.1 Å². The number of rotatable bonds is 5. The fourth-order valence-corrected chi connectivity index (χ4v) is 2.47. The van der Waals surface area contributed by atoms with E-state index in [1.165, 1.54) is 0 Å². The van der Waals surface area contributed by atoms with Crippen LogP contribution in [0.2, 0.25) is 0 Å². The van der Waals surface area contributed by atoms with Gasteiger partial charge in [-0.15, -0.1) is 0 Å². The van der Waals surface area contributed by atoms with Crippen molar-refractivity contribution in [3.05, 3.63) is 71.1 Å². The zero-order valence-electron chi connectivity index (χ0n) is 13.1. The van der Waals surface area contributed by atoms with Crippen LogP contribution in [0.5, 0.6) is 0 Å². The Bertz CT molecular complexity index is 937. The minimum absolute atomic E-state index is 0.0260. The van der Waals surface area contributed by atoms with Gasteiger partial charge in [-0.2, -0.15) is 0 Å². The fourth-order valence-electron chi connectivity index (χ4n) is 2.47. The van der Waals surface area contributed by atoms with Crippen molar-refractivity contribution in [1.29, 1.82) is 0 Å². The zero-order chi connectivity index (χ0) is 17.1. The molecular formula is C19H16N2O3. The van der Waals surface area contributed by atoms with Gasteiger partial charge >= 0.3 is 5.97 Å². The molecule has 0 aliphatic heterocycles. The molecule has 120 valence electrons. The molecule has 3 rings (SSSR count). The molecule has 0 aliphatic carbocycles. The van der Waals surface area contributed by atoms with Gasteiger partial charge in [0.15, 0.2) is 5.78 Å². The Morgan fingerprint density at radius 2 is 1.92 bits per heavy atom. The molecule has 0 bridgehead atoms. The van der Waals surface area contributed by atoms with Crippen LogP contribution in [0.15, 0.2) is 48.5 Å². The van der Waals surface area contributed by atoms with Crippen LogP contribution >= 0.6 is 0 Å². The van der Waals surface area contributed by atoms with Gasteiger partial charge in [0.05, 0.1) is 11.0 Å². The summed E-state index contributed by atoms with van der Waals surface area (Å²) in [5.74, 6) is -0.121. The van der Waals surface area contributed by atoms with Crippen LogP contribution in [0.4, 0.5) is 0 Å². The summed E-state index contributed by atoms with van der Waals surface area (Å²) in [6.45, 7) is 1.54. The van der Waals surface area contributed by atoms with Crippen molar-refractivity contribution >= 4 is 28.9 Å². The molecule has 0 unspecified atom stereocenters. The minimum atomic E-state index is -0.966. The van der Waals surface area contributed by atoms with Gasteiger partial charge in [0.1, 0.15) is 5.82 Å². The number of benzene rings is 2. The van der Waals surface area contributed by atoms with Crippen LogP contribution in [0.3, 0.4) is 0 Å². The number of aliphatic carboxylic acids is 1. The quantitative estimate of drug-likeness (QED) is 0.557. The Morgan fingerprint density at radius 1 is 1.17 bits per heavy atom. The second-order valence-electron chi connectivity index (χ2n) is 5.56. The highest BCUT2D eigenvalue weighted by Crippen LogP contribution is 2.17. The summed E-state index contributed by atoms with van der Waals surface area (Å²) in [4.78, 5) is 29.7. The molecule has 1 aromatic heterocycles. The Morgan fingerprint density at radius 3 is 2.58 bits per heavy atom. The van der Waals surface area contributed by atoms with E-state index in [0.29, 0.717) is 12.0 Å². The zero-order valence-corrected chi connectivity index (χ0v) is 13.1. The second kappa shape index (κ2) is 6.50. The van der Waals surface area contributed by atoms with Gasteiger partial charge in [-0.25, -0.2) is 9.78 Å². The number of hydrogen-bond acceptors (Lipinski definition) is 3. The number of H-pyrrole nitrogens is 1. The number of nitrogens with one attached hydrogen (secondary N) is 1. The third-order valence-electron chi connectivity index (χ3n) is 3.71. The lowest BCUT2D eigenvalue weighted by atomic mass is 10.1. The number of aromatic amines is 1. The topological polar surface area (TPSA) is 83.1 Å². The lowest BCUT2D eigenvalue weighted by molar-refractivity contribution is -0.131. The molecule has 24 heavy (non-hydrogen) atoms. The summed E-state index contributed by atoms with van der Waals surface area (Å²) in [7, 11) is 0. The van der Waals surface area contributed by atoms with Crippen LogP contribution in [0, 0.1) is 0 Å². The first-order chi connectivity index (χ1) is 11.5. The van der Waals surface area contributed by atoms with Gasteiger partial charge < -0.3 is 10.1 Å². The van der Waals surface area contributed by atoms with E-state index in [1.807, 2.05) is 36.4 Å². The number of nitrogens with zero attached hydrogens (tertiary/aromatic N) is 1. The van der Waals surface area contributed by atoms with Crippen LogP contribution in [0.25, 0.3) is 17.1 Å². The Labute approximate surface area is 138 Å². The van der Waals surface area contributed by atoms with E-state index in [9.17, 15) is 9.59 Å².